The second-order valence-electron chi connectivity index (χ2n) is 3.87. The van der Waals surface area contributed by atoms with Crippen LogP contribution in [0.25, 0.3) is 0 Å². The lowest BCUT2D eigenvalue weighted by Gasteiger charge is -2.09. The van der Waals surface area contributed by atoms with Crippen LogP contribution in [0, 0.1) is 6.92 Å². The van der Waals surface area contributed by atoms with Crippen molar-refractivity contribution in [3.63, 3.8) is 0 Å². The Morgan fingerprint density at radius 3 is 2.56 bits per heavy atom. The molecule has 0 saturated heterocycles. The molecule has 0 saturated carbocycles. The summed E-state index contributed by atoms with van der Waals surface area (Å²) in [7, 11) is 0. The molecule has 6 nitrogen and oxygen atoms in total. The fraction of sp³-hybridized carbons (Fsp3) is 0.167. The van der Waals surface area contributed by atoms with E-state index in [1.165, 1.54) is 12.4 Å². The summed E-state index contributed by atoms with van der Waals surface area (Å²) < 4.78 is 0. The van der Waals surface area contributed by atoms with Crippen molar-refractivity contribution in [1.82, 2.24) is 15.4 Å². The number of benzene rings is 1. The smallest absolute Gasteiger partial charge is 0.227 e. The SMILES string of the molecule is Cc1cccc(Nc2ncc(C(O)NO)cn2)c1. The van der Waals surface area contributed by atoms with Crippen LogP contribution < -0.4 is 10.8 Å². The fourth-order valence-corrected chi connectivity index (χ4v) is 1.47. The maximum atomic E-state index is 9.28. The molecule has 1 heterocycles. The van der Waals surface area contributed by atoms with E-state index in [9.17, 15) is 5.11 Å². The molecule has 0 fully saturated rings. The Labute approximate surface area is 104 Å². The van der Waals surface area contributed by atoms with Gasteiger partial charge in [0.05, 0.1) is 0 Å². The van der Waals surface area contributed by atoms with Crippen molar-refractivity contribution in [2.24, 2.45) is 0 Å². The third-order valence-electron chi connectivity index (χ3n) is 2.38. The zero-order valence-electron chi connectivity index (χ0n) is 9.83. The molecule has 1 unspecified atom stereocenters. The molecule has 0 aliphatic rings. The first kappa shape index (κ1) is 12.4. The molecule has 1 aromatic carbocycles. The van der Waals surface area contributed by atoms with E-state index in [4.69, 9.17) is 5.21 Å². The summed E-state index contributed by atoms with van der Waals surface area (Å²) in [6, 6.07) is 7.82. The molecule has 0 radical (unpaired) electrons. The monoisotopic (exact) mass is 246 g/mol. The number of aliphatic hydroxyl groups is 1. The van der Waals surface area contributed by atoms with Gasteiger partial charge in [-0.25, -0.2) is 9.97 Å². The third-order valence-corrected chi connectivity index (χ3v) is 2.38. The highest BCUT2D eigenvalue weighted by molar-refractivity contribution is 5.53. The molecule has 1 atom stereocenters. The van der Waals surface area contributed by atoms with Gasteiger partial charge in [0, 0.05) is 23.6 Å². The van der Waals surface area contributed by atoms with Gasteiger partial charge < -0.3 is 15.6 Å². The van der Waals surface area contributed by atoms with Crippen molar-refractivity contribution in [3.05, 3.63) is 47.8 Å². The predicted molar refractivity (Wildman–Crippen MR) is 66.4 cm³/mol. The summed E-state index contributed by atoms with van der Waals surface area (Å²) in [5.74, 6) is 0.425. The molecule has 2 rings (SSSR count). The molecule has 0 aliphatic carbocycles. The van der Waals surface area contributed by atoms with Crippen LogP contribution in [0.4, 0.5) is 11.6 Å². The average Bonchev–Trinajstić information content (AvgIpc) is 2.39. The van der Waals surface area contributed by atoms with Crippen LogP contribution >= 0.6 is 0 Å². The van der Waals surface area contributed by atoms with Gasteiger partial charge >= 0.3 is 0 Å². The second kappa shape index (κ2) is 5.54. The molecule has 18 heavy (non-hydrogen) atoms. The molecule has 4 N–H and O–H groups in total. The van der Waals surface area contributed by atoms with E-state index < -0.39 is 6.23 Å². The van der Waals surface area contributed by atoms with Crippen molar-refractivity contribution >= 4 is 11.6 Å². The Balaban J connectivity index is 2.11. The average molecular weight is 246 g/mol. The molecule has 0 amide bonds. The predicted octanol–water partition coefficient (Wildman–Crippen LogP) is 1.50. The topological polar surface area (TPSA) is 90.3 Å². The number of hydrogen-bond donors (Lipinski definition) is 4. The van der Waals surface area contributed by atoms with E-state index in [1.807, 2.05) is 31.2 Å². The number of hydrogen-bond acceptors (Lipinski definition) is 6. The zero-order chi connectivity index (χ0) is 13.0. The maximum absolute atomic E-state index is 9.28. The van der Waals surface area contributed by atoms with Crippen LogP contribution in [0.15, 0.2) is 36.7 Å². The van der Waals surface area contributed by atoms with Crippen LogP contribution in [-0.2, 0) is 0 Å². The minimum atomic E-state index is -1.18. The standard InChI is InChI=1S/C12H14N4O2/c1-8-3-2-4-10(5-8)15-12-13-6-9(7-14-12)11(17)16-18/h2-7,11,16-18H,1H3,(H,13,14,15). The van der Waals surface area contributed by atoms with E-state index in [-0.39, 0.29) is 0 Å². The highest BCUT2D eigenvalue weighted by Crippen LogP contribution is 2.15. The van der Waals surface area contributed by atoms with Gasteiger partial charge in [-0.15, -0.1) is 0 Å². The van der Waals surface area contributed by atoms with E-state index in [0.29, 0.717) is 11.5 Å². The number of nitrogens with zero attached hydrogens (tertiary/aromatic N) is 2. The van der Waals surface area contributed by atoms with E-state index in [2.05, 4.69) is 15.3 Å². The van der Waals surface area contributed by atoms with E-state index in [1.54, 1.807) is 5.48 Å². The molecule has 2 aromatic rings. The summed E-state index contributed by atoms with van der Waals surface area (Å²) in [6.45, 7) is 2.00. The lowest BCUT2D eigenvalue weighted by molar-refractivity contribution is 0.000316. The molecule has 1 aromatic heterocycles. The lowest BCUT2D eigenvalue weighted by Crippen LogP contribution is -2.16. The number of aromatic nitrogens is 2. The molecular weight excluding hydrogens is 232 g/mol. The molecule has 94 valence electrons. The summed E-state index contributed by atoms with van der Waals surface area (Å²) in [6.07, 6.45) is 1.68. The number of anilines is 2. The van der Waals surface area contributed by atoms with Gasteiger partial charge in [0.2, 0.25) is 5.95 Å². The Morgan fingerprint density at radius 1 is 1.22 bits per heavy atom. The Hall–Kier alpha value is -2.02. The normalized spacial score (nSPS) is 12.2. The van der Waals surface area contributed by atoms with Crippen LogP contribution in [0.5, 0.6) is 0 Å². The van der Waals surface area contributed by atoms with Crippen molar-refractivity contribution in [3.8, 4) is 0 Å². The quantitative estimate of drug-likeness (QED) is 0.483. The molecule has 6 heteroatoms. The molecular formula is C12H14N4O2. The van der Waals surface area contributed by atoms with Crippen LogP contribution in [0.2, 0.25) is 0 Å². The number of aryl methyl sites for hydroxylation is 1. The van der Waals surface area contributed by atoms with Gasteiger partial charge in [-0.1, -0.05) is 12.1 Å². The first-order valence-corrected chi connectivity index (χ1v) is 5.42. The highest BCUT2D eigenvalue weighted by atomic mass is 16.5. The van der Waals surface area contributed by atoms with Crippen molar-refractivity contribution in [2.45, 2.75) is 13.2 Å². The van der Waals surface area contributed by atoms with Crippen LogP contribution in [0.1, 0.15) is 17.4 Å². The Morgan fingerprint density at radius 2 is 1.94 bits per heavy atom. The van der Waals surface area contributed by atoms with Crippen molar-refractivity contribution in [2.75, 3.05) is 5.32 Å². The maximum Gasteiger partial charge on any atom is 0.227 e. The minimum Gasteiger partial charge on any atom is -0.372 e. The van der Waals surface area contributed by atoms with Gasteiger partial charge in [-0.2, -0.15) is 5.48 Å². The Kier molecular flexibility index (Phi) is 3.83. The zero-order valence-corrected chi connectivity index (χ0v) is 9.83. The first-order chi connectivity index (χ1) is 8.69. The van der Waals surface area contributed by atoms with Crippen molar-refractivity contribution < 1.29 is 10.3 Å². The van der Waals surface area contributed by atoms with Gasteiger partial charge in [0.1, 0.15) is 0 Å². The summed E-state index contributed by atoms with van der Waals surface area (Å²) >= 11 is 0. The largest absolute Gasteiger partial charge is 0.372 e. The Bertz CT molecular complexity index is 516. The molecule has 0 aliphatic heterocycles. The number of rotatable bonds is 4. The summed E-state index contributed by atoms with van der Waals surface area (Å²) in [4.78, 5) is 8.08. The second-order valence-corrected chi connectivity index (χ2v) is 3.87. The third kappa shape index (κ3) is 3.01. The molecule has 0 bridgehead atoms. The molecule has 0 spiro atoms. The van der Waals surface area contributed by atoms with Crippen LogP contribution in [0.3, 0.4) is 0 Å². The summed E-state index contributed by atoms with van der Waals surface area (Å²) in [5.41, 5.74) is 4.12. The van der Waals surface area contributed by atoms with Gasteiger partial charge in [-0.05, 0) is 24.6 Å². The lowest BCUT2D eigenvalue weighted by atomic mass is 10.2. The van der Waals surface area contributed by atoms with Gasteiger partial charge in [-0.3, -0.25) is 0 Å². The van der Waals surface area contributed by atoms with Gasteiger partial charge in [0.25, 0.3) is 0 Å². The highest BCUT2D eigenvalue weighted by Gasteiger charge is 2.06. The van der Waals surface area contributed by atoms with Crippen molar-refractivity contribution in [1.29, 1.82) is 0 Å². The first-order valence-electron chi connectivity index (χ1n) is 5.42. The fourth-order valence-electron chi connectivity index (χ4n) is 1.47. The summed E-state index contributed by atoms with van der Waals surface area (Å²) in [5, 5.41) is 20.9. The van der Waals surface area contributed by atoms with E-state index in [0.717, 1.165) is 11.3 Å². The number of hydroxylamine groups is 1. The van der Waals surface area contributed by atoms with Crippen LogP contribution in [-0.4, -0.2) is 20.3 Å². The van der Waals surface area contributed by atoms with Gasteiger partial charge in [0.15, 0.2) is 6.23 Å². The minimum absolute atomic E-state index is 0.382. The van der Waals surface area contributed by atoms with E-state index >= 15 is 0 Å². The number of aliphatic hydroxyl groups excluding tert-OH is 1. The number of nitrogens with one attached hydrogen (secondary N) is 2.